The first-order chi connectivity index (χ1) is 13.3. The van der Waals surface area contributed by atoms with Crippen molar-refractivity contribution in [1.82, 2.24) is 9.97 Å². The van der Waals surface area contributed by atoms with Gasteiger partial charge in [0.2, 0.25) is 11.8 Å². The highest BCUT2D eigenvalue weighted by atomic mass is 19.4. The summed E-state index contributed by atoms with van der Waals surface area (Å²) in [5.41, 5.74) is 7.12. The number of aromatic nitrogens is 2. The van der Waals surface area contributed by atoms with Crippen LogP contribution in [0.15, 0.2) is 59.3 Å². The molecular weight excluding hydrogens is 376 g/mol. The summed E-state index contributed by atoms with van der Waals surface area (Å²) >= 11 is 0. The number of benzene rings is 1. The van der Waals surface area contributed by atoms with Gasteiger partial charge in [0.25, 0.3) is 0 Å². The van der Waals surface area contributed by atoms with E-state index in [0.717, 1.165) is 12.1 Å². The summed E-state index contributed by atoms with van der Waals surface area (Å²) in [6.07, 6.45) is -1.61. The highest BCUT2D eigenvalue weighted by Crippen LogP contribution is 2.39. The fraction of sp³-hybridized carbons (Fsp3) is 0.0526. The zero-order chi connectivity index (χ0) is 19.9. The fourth-order valence-corrected chi connectivity index (χ4v) is 2.81. The van der Waals surface area contributed by atoms with E-state index in [-0.39, 0.29) is 5.88 Å². The second kappa shape index (κ2) is 6.52. The smallest absolute Gasteiger partial charge is 0.416 e. The standard InChI is InChI=1S/C19H12F4N4O/c20-14-9-10(5-7-25-14)15-17-13(6-8-26-15)16(18(24)28-17)27-12-3-1-11(2-4-12)19(21,22)23/h1-9,27H,24H2. The summed E-state index contributed by atoms with van der Waals surface area (Å²) in [6.45, 7) is 0. The lowest BCUT2D eigenvalue weighted by Crippen LogP contribution is -2.04. The maximum Gasteiger partial charge on any atom is 0.416 e. The first-order valence-corrected chi connectivity index (χ1v) is 8.06. The number of pyridine rings is 2. The second-order valence-electron chi connectivity index (χ2n) is 5.94. The highest BCUT2D eigenvalue weighted by molar-refractivity contribution is 6.03. The predicted octanol–water partition coefficient (Wildman–Crippen LogP) is 5.37. The van der Waals surface area contributed by atoms with E-state index in [1.807, 2.05) is 0 Å². The molecule has 0 aliphatic carbocycles. The lowest BCUT2D eigenvalue weighted by atomic mass is 10.1. The van der Waals surface area contributed by atoms with Gasteiger partial charge in [-0.1, -0.05) is 0 Å². The Morgan fingerprint density at radius 1 is 0.964 bits per heavy atom. The van der Waals surface area contributed by atoms with Crippen LogP contribution in [-0.2, 0) is 6.18 Å². The molecule has 5 nitrogen and oxygen atoms in total. The monoisotopic (exact) mass is 388 g/mol. The van der Waals surface area contributed by atoms with Gasteiger partial charge in [-0.2, -0.15) is 17.6 Å². The number of rotatable bonds is 3. The lowest BCUT2D eigenvalue weighted by molar-refractivity contribution is -0.137. The van der Waals surface area contributed by atoms with Crippen LogP contribution in [0.1, 0.15) is 5.56 Å². The number of nitrogens with zero attached hydrogens (tertiary/aromatic N) is 2. The molecule has 0 spiro atoms. The number of halogens is 4. The van der Waals surface area contributed by atoms with E-state index in [4.69, 9.17) is 10.2 Å². The summed E-state index contributed by atoms with van der Waals surface area (Å²) in [6, 6.07) is 8.95. The van der Waals surface area contributed by atoms with Crippen molar-refractivity contribution < 1.29 is 22.0 Å². The topological polar surface area (TPSA) is 77.0 Å². The van der Waals surface area contributed by atoms with Crippen molar-refractivity contribution >= 4 is 28.2 Å². The molecule has 0 aliphatic rings. The first kappa shape index (κ1) is 17.8. The molecule has 0 fully saturated rings. The molecular formula is C19H12F4N4O. The molecule has 0 atom stereocenters. The molecule has 9 heteroatoms. The Labute approximate surface area is 155 Å². The van der Waals surface area contributed by atoms with Crippen LogP contribution < -0.4 is 11.1 Å². The molecule has 4 rings (SSSR count). The number of anilines is 3. The number of nitrogens with one attached hydrogen (secondary N) is 1. The molecule has 0 bridgehead atoms. The van der Waals surface area contributed by atoms with Crippen molar-refractivity contribution in [3.8, 4) is 11.3 Å². The summed E-state index contributed by atoms with van der Waals surface area (Å²) in [7, 11) is 0. The van der Waals surface area contributed by atoms with Gasteiger partial charge in [0.1, 0.15) is 11.4 Å². The van der Waals surface area contributed by atoms with Gasteiger partial charge in [-0.3, -0.25) is 4.98 Å². The van der Waals surface area contributed by atoms with Crippen LogP contribution in [0.4, 0.5) is 34.8 Å². The van der Waals surface area contributed by atoms with Gasteiger partial charge in [0.15, 0.2) is 5.58 Å². The SMILES string of the molecule is Nc1oc2c(-c3ccnc(F)c3)nccc2c1Nc1ccc(C(F)(F)F)cc1. The molecule has 3 heterocycles. The number of furan rings is 1. The first-order valence-electron chi connectivity index (χ1n) is 8.06. The lowest BCUT2D eigenvalue weighted by Gasteiger charge is -2.09. The Morgan fingerprint density at radius 3 is 2.36 bits per heavy atom. The molecule has 3 N–H and O–H groups in total. The summed E-state index contributed by atoms with van der Waals surface area (Å²) in [5, 5.41) is 3.52. The van der Waals surface area contributed by atoms with Gasteiger partial charge in [0, 0.05) is 29.7 Å². The van der Waals surface area contributed by atoms with Crippen molar-refractivity contribution in [3.63, 3.8) is 0 Å². The second-order valence-corrected chi connectivity index (χ2v) is 5.94. The number of alkyl halides is 3. The molecule has 1 aromatic carbocycles. The Kier molecular flexibility index (Phi) is 4.14. The molecule has 0 radical (unpaired) electrons. The zero-order valence-corrected chi connectivity index (χ0v) is 14.1. The van der Waals surface area contributed by atoms with Crippen LogP contribution in [0.3, 0.4) is 0 Å². The maximum atomic E-state index is 13.5. The van der Waals surface area contributed by atoms with Gasteiger partial charge in [-0.25, -0.2) is 4.98 Å². The van der Waals surface area contributed by atoms with Crippen LogP contribution in [-0.4, -0.2) is 9.97 Å². The van der Waals surface area contributed by atoms with E-state index in [1.165, 1.54) is 30.6 Å². The number of hydrogen-bond acceptors (Lipinski definition) is 5. The van der Waals surface area contributed by atoms with Gasteiger partial charge in [-0.15, -0.1) is 0 Å². The number of fused-ring (bicyclic) bond motifs is 1. The van der Waals surface area contributed by atoms with E-state index in [1.54, 1.807) is 12.1 Å². The minimum atomic E-state index is -4.42. The maximum absolute atomic E-state index is 13.5. The Morgan fingerprint density at radius 2 is 1.68 bits per heavy atom. The van der Waals surface area contributed by atoms with E-state index < -0.39 is 17.7 Å². The van der Waals surface area contributed by atoms with E-state index in [2.05, 4.69) is 15.3 Å². The average molecular weight is 388 g/mol. The molecule has 4 aromatic rings. The molecule has 0 saturated carbocycles. The molecule has 0 unspecified atom stereocenters. The average Bonchev–Trinajstić information content (AvgIpc) is 2.97. The Hall–Kier alpha value is -3.62. The zero-order valence-electron chi connectivity index (χ0n) is 14.1. The number of nitrogens with two attached hydrogens (primary N) is 1. The van der Waals surface area contributed by atoms with Crippen molar-refractivity contribution in [1.29, 1.82) is 0 Å². The molecule has 0 saturated heterocycles. The third kappa shape index (κ3) is 3.22. The Balaban J connectivity index is 1.75. The van der Waals surface area contributed by atoms with E-state index in [0.29, 0.717) is 33.6 Å². The minimum absolute atomic E-state index is 0.0266. The van der Waals surface area contributed by atoms with Crippen LogP contribution in [0.2, 0.25) is 0 Å². The van der Waals surface area contributed by atoms with Crippen LogP contribution in [0, 0.1) is 5.95 Å². The third-order valence-corrected chi connectivity index (χ3v) is 4.11. The normalized spacial score (nSPS) is 11.7. The molecule has 142 valence electrons. The van der Waals surface area contributed by atoms with Gasteiger partial charge < -0.3 is 15.5 Å². The Bertz CT molecular complexity index is 1150. The quantitative estimate of drug-likeness (QED) is 0.364. The van der Waals surface area contributed by atoms with Crippen LogP contribution in [0.25, 0.3) is 22.2 Å². The van der Waals surface area contributed by atoms with Gasteiger partial charge in [0.05, 0.1) is 10.9 Å². The third-order valence-electron chi connectivity index (χ3n) is 4.11. The van der Waals surface area contributed by atoms with Crippen LogP contribution >= 0.6 is 0 Å². The van der Waals surface area contributed by atoms with Crippen molar-refractivity contribution in [2.45, 2.75) is 6.18 Å². The minimum Gasteiger partial charge on any atom is -0.436 e. The summed E-state index contributed by atoms with van der Waals surface area (Å²) in [4.78, 5) is 7.73. The number of hydrogen-bond donors (Lipinski definition) is 2. The fourth-order valence-electron chi connectivity index (χ4n) is 2.81. The van der Waals surface area contributed by atoms with Gasteiger partial charge >= 0.3 is 6.18 Å². The number of nitrogen functional groups attached to an aromatic ring is 1. The largest absolute Gasteiger partial charge is 0.436 e. The van der Waals surface area contributed by atoms with Crippen LogP contribution in [0.5, 0.6) is 0 Å². The van der Waals surface area contributed by atoms with Gasteiger partial charge in [-0.05, 0) is 36.4 Å². The summed E-state index contributed by atoms with van der Waals surface area (Å²) < 4.78 is 57.2. The van der Waals surface area contributed by atoms with Crippen molar-refractivity contribution in [2.75, 3.05) is 11.1 Å². The molecule has 3 aromatic heterocycles. The highest BCUT2D eigenvalue weighted by Gasteiger charge is 2.30. The predicted molar refractivity (Wildman–Crippen MR) is 96.3 cm³/mol. The molecule has 28 heavy (non-hydrogen) atoms. The molecule has 0 amide bonds. The summed E-state index contributed by atoms with van der Waals surface area (Å²) in [5.74, 6) is -0.641. The van der Waals surface area contributed by atoms with Crippen molar-refractivity contribution in [2.24, 2.45) is 0 Å². The van der Waals surface area contributed by atoms with Crippen molar-refractivity contribution in [3.05, 3.63) is 66.4 Å². The van der Waals surface area contributed by atoms with E-state index in [9.17, 15) is 17.6 Å². The van der Waals surface area contributed by atoms with E-state index >= 15 is 0 Å². The molecule has 0 aliphatic heterocycles.